The first kappa shape index (κ1) is 13.1. The van der Waals surface area contributed by atoms with Crippen molar-refractivity contribution in [3.63, 3.8) is 0 Å². The molecule has 2 aromatic rings. The lowest BCUT2D eigenvalue weighted by Gasteiger charge is -2.03. The minimum atomic E-state index is 0.232. The van der Waals surface area contributed by atoms with Gasteiger partial charge in [0.1, 0.15) is 0 Å². The van der Waals surface area contributed by atoms with Gasteiger partial charge in [-0.2, -0.15) is 0 Å². The van der Waals surface area contributed by atoms with E-state index in [0.29, 0.717) is 12.3 Å². The maximum Gasteiger partial charge on any atom is 0.162 e. The standard InChI is InChI=1S/C16H17ClO/c17-11-5-1-2-8-16(18)15-10-9-13-6-3-4-7-14(13)12-15/h3-4,6-7,9-10,12H,1-2,5,8,11H2. The lowest BCUT2D eigenvalue weighted by atomic mass is 10.0. The molecule has 2 rings (SSSR count). The summed E-state index contributed by atoms with van der Waals surface area (Å²) in [6, 6.07) is 14.0. The van der Waals surface area contributed by atoms with Gasteiger partial charge in [-0.3, -0.25) is 4.79 Å². The molecule has 0 aliphatic heterocycles. The molecule has 0 heterocycles. The summed E-state index contributed by atoms with van der Waals surface area (Å²) in [6.07, 6.45) is 3.57. The van der Waals surface area contributed by atoms with Gasteiger partial charge in [0.2, 0.25) is 0 Å². The maximum absolute atomic E-state index is 12.0. The van der Waals surface area contributed by atoms with E-state index in [1.807, 2.05) is 36.4 Å². The molecule has 0 aliphatic rings. The fourth-order valence-corrected chi connectivity index (χ4v) is 2.25. The number of rotatable bonds is 6. The van der Waals surface area contributed by atoms with Crippen molar-refractivity contribution in [2.45, 2.75) is 25.7 Å². The zero-order valence-electron chi connectivity index (χ0n) is 10.4. The zero-order valence-corrected chi connectivity index (χ0v) is 11.1. The Balaban J connectivity index is 2.04. The van der Waals surface area contributed by atoms with Gasteiger partial charge < -0.3 is 0 Å². The summed E-state index contributed by atoms with van der Waals surface area (Å²) in [5.74, 6) is 0.916. The largest absolute Gasteiger partial charge is 0.294 e. The van der Waals surface area contributed by atoms with E-state index in [0.717, 1.165) is 30.2 Å². The molecule has 2 heteroatoms. The van der Waals surface area contributed by atoms with Gasteiger partial charge in [-0.15, -0.1) is 11.6 Å². The third-order valence-corrected chi connectivity index (χ3v) is 3.38. The molecule has 0 aliphatic carbocycles. The van der Waals surface area contributed by atoms with Crippen molar-refractivity contribution < 1.29 is 4.79 Å². The number of alkyl halides is 1. The Kier molecular flexibility index (Phi) is 4.77. The first-order valence-electron chi connectivity index (χ1n) is 6.39. The minimum absolute atomic E-state index is 0.232. The van der Waals surface area contributed by atoms with Gasteiger partial charge in [0.25, 0.3) is 0 Å². The predicted octanol–water partition coefficient (Wildman–Crippen LogP) is 4.82. The molecule has 1 nitrogen and oxygen atoms in total. The Bertz CT molecular complexity index is 533. The molecule has 0 unspecified atom stereocenters. The van der Waals surface area contributed by atoms with E-state index in [4.69, 9.17) is 11.6 Å². The van der Waals surface area contributed by atoms with E-state index in [9.17, 15) is 4.79 Å². The second-order valence-electron chi connectivity index (χ2n) is 4.48. The van der Waals surface area contributed by atoms with Crippen molar-refractivity contribution in [1.82, 2.24) is 0 Å². The molecular formula is C16H17ClO. The van der Waals surface area contributed by atoms with Crippen LogP contribution in [0.3, 0.4) is 0 Å². The number of carbonyl (C=O) groups excluding carboxylic acids is 1. The van der Waals surface area contributed by atoms with Crippen LogP contribution in [0.1, 0.15) is 36.0 Å². The fourth-order valence-electron chi connectivity index (χ4n) is 2.06. The number of benzene rings is 2. The number of unbranched alkanes of at least 4 members (excludes halogenated alkanes) is 2. The van der Waals surface area contributed by atoms with E-state index in [1.165, 1.54) is 5.39 Å². The molecule has 0 amide bonds. The first-order valence-corrected chi connectivity index (χ1v) is 6.92. The van der Waals surface area contributed by atoms with Crippen LogP contribution in [0.2, 0.25) is 0 Å². The Morgan fingerprint density at radius 2 is 1.72 bits per heavy atom. The van der Waals surface area contributed by atoms with Crippen LogP contribution < -0.4 is 0 Å². The van der Waals surface area contributed by atoms with E-state index in [2.05, 4.69) is 6.07 Å². The Hall–Kier alpha value is -1.34. The van der Waals surface area contributed by atoms with Gasteiger partial charge in [0.15, 0.2) is 5.78 Å². The Morgan fingerprint density at radius 3 is 2.50 bits per heavy atom. The number of Topliss-reactive ketones (excluding diaryl/α,β-unsaturated/α-hetero) is 1. The van der Waals surface area contributed by atoms with Crippen molar-refractivity contribution in [3.8, 4) is 0 Å². The summed E-state index contributed by atoms with van der Waals surface area (Å²) < 4.78 is 0. The van der Waals surface area contributed by atoms with Gasteiger partial charge in [0.05, 0.1) is 0 Å². The molecule has 0 radical (unpaired) electrons. The second-order valence-corrected chi connectivity index (χ2v) is 4.86. The van der Waals surface area contributed by atoms with Crippen molar-refractivity contribution >= 4 is 28.2 Å². The highest BCUT2D eigenvalue weighted by molar-refractivity contribution is 6.17. The summed E-state index contributed by atoms with van der Waals surface area (Å²) in [6.45, 7) is 0. The molecule has 0 aromatic heterocycles. The average Bonchev–Trinajstić information content (AvgIpc) is 2.43. The van der Waals surface area contributed by atoms with E-state index in [1.54, 1.807) is 0 Å². The lowest BCUT2D eigenvalue weighted by Crippen LogP contribution is -1.98. The maximum atomic E-state index is 12.0. The van der Waals surface area contributed by atoms with Crippen molar-refractivity contribution in [2.75, 3.05) is 5.88 Å². The summed E-state index contributed by atoms with van der Waals surface area (Å²) in [5, 5.41) is 2.31. The molecular weight excluding hydrogens is 244 g/mol. The highest BCUT2D eigenvalue weighted by atomic mass is 35.5. The molecule has 0 bridgehead atoms. The lowest BCUT2D eigenvalue weighted by molar-refractivity contribution is 0.0979. The summed E-state index contributed by atoms with van der Waals surface area (Å²) >= 11 is 5.61. The highest BCUT2D eigenvalue weighted by Gasteiger charge is 2.06. The van der Waals surface area contributed by atoms with E-state index < -0.39 is 0 Å². The molecule has 0 spiro atoms. The van der Waals surface area contributed by atoms with Gasteiger partial charge in [0, 0.05) is 17.9 Å². The van der Waals surface area contributed by atoms with Gasteiger partial charge in [-0.1, -0.05) is 42.8 Å². The molecule has 0 saturated carbocycles. The summed E-state index contributed by atoms with van der Waals surface area (Å²) in [7, 11) is 0. The van der Waals surface area contributed by atoms with Crippen LogP contribution in [0.5, 0.6) is 0 Å². The summed E-state index contributed by atoms with van der Waals surface area (Å²) in [5.41, 5.74) is 0.819. The molecule has 0 atom stereocenters. The van der Waals surface area contributed by atoms with Crippen LogP contribution in [-0.2, 0) is 0 Å². The second kappa shape index (κ2) is 6.55. The number of halogens is 1. The number of hydrogen-bond acceptors (Lipinski definition) is 1. The summed E-state index contributed by atoms with van der Waals surface area (Å²) in [4.78, 5) is 12.0. The molecule has 2 aromatic carbocycles. The Labute approximate surface area is 113 Å². The van der Waals surface area contributed by atoms with Gasteiger partial charge in [-0.05, 0) is 29.7 Å². The quantitative estimate of drug-likeness (QED) is 0.413. The smallest absolute Gasteiger partial charge is 0.162 e. The van der Waals surface area contributed by atoms with E-state index >= 15 is 0 Å². The van der Waals surface area contributed by atoms with Crippen LogP contribution in [-0.4, -0.2) is 11.7 Å². The Morgan fingerprint density at radius 1 is 0.944 bits per heavy atom. The van der Waals surface area contributed by atoms with Crippen molar-refractivity contribution in [3.05, 3.63) is 48.0 Å². The van der Waals surface area contributed by atoms with Crippen LogP contribution >= 0.6 is 11.6 Å². The van der Waals surface area contributed by atoms with Gasteiger partial charge in [-0.25, -0.2) is 0 Å². The van der Waals surface area contributed by atoms with Crippen LogP contribution in [0.15, 0.2) is 42.5 Å². The van der Waals surface area contributed by atoms with Crippen LogP contribution in [0.25, 0.3) is 10.8 Å². The molecule has 18 heavy (non-hydrogen) atoms. The number of ketones is 1. The number of carbonyl (C=O) groups is 1. The molecule has 0 saturated heterocycles. The van der Waals surface area contributed by atoms with Crippen molar-refractivity contribution in [2.24, 2.45) is 0 Å². The van der Waals surface area contributed by atoms with Crippen molar-refractivity contribution in [1.29, 1.82) is 0 Å². The van der Waals surface area contributed by atoms with Crippen LogP contribution in [0.4, 0.5) is 0 Å². The SMILES string of the molecule is O=C(CCCCCCl)c1ccc2ccccc2c1. The van der Waals surface area contributed by atoms with Gasteiger partial charge >= 0.3 is 0 Å². The molecule has 0 N–H and O–H groups in total. The van der Waals surface area contributed by atoms with E-state index in [-0.39, 0.29) is 5.78 Å². The first-order chi connectivity index (χ1) is 8.81. The zero-order chi connectivity index (χ0) is 12.8. The minimum Gasteiger partial charge on any atom is -0.294 e. The number of hydrogen-bond donors (Lipinski definition) is 0. The normalized spacial score (nSPS) is 10.7. The third kappa shape index (κ3) is 3.33. The average molecular weight is 261 g/mol. The molecule has 94 valence electrons. The monoisotopic (exact) mass is 260 g/mol. The topological polar surface area (TPSA) is 17.1 Å². The highest BCUT2D eigenvalue weighted by Crippen LogP contribution is 2.17. The fraction of sp³-hybridized carbons (Fsp3) is 0.312. The van der Waals surface area contributed by atoms with Crippen LogP contribution in [0, 0.1) is 0 Å². The molecule has 0 fully saturated rings. The third-order valence-electron chi connectivity index (χ3n) is 3.11. The number of fused-ring (bicyclic) bond motifs is 1. The predicted molar refractivity (Wildman–Crippen MR) is 77.5 cm³/mol.